The largest absolute Gasteiger partial charge is 0.355 e. The molecule has 2 atom stereocenters. The highest BCUT2D eigenvalue weighted by Gasteiger charge is 2.25. The predicted molar refractivity (Wildman–Crippen MR) is 90.4 cm³/mol. The van der Waals surface area contributed by atoms with Crippen molar-refractivity contribution in [2.24, 2.45) is 11.7 Å². The lowest BCUT2D eigenvalue weighted by atomic mass is 9.85. The molecule has 0 heterocycles. The summed E-state index contributed by atoms with van der Waals surface area (Å²) in [6.45, 7) is 1.91. The van der Waals surface area contributed by atoms with Crippen LogP contribution in [0.3, 0.4) is 0 Å². The lowest BCUT2D eigenvalue weighted by Crippen LogP contribution is -2.34. The highest BCUT2D eigenvalue weighted by atomic mass is 35.5. The number of hydrogen-bond donors (Lipinski definition) is 3. The number of anilines is 1. The van der Waals surface area contributed by atoms with Gasteiger partial charge < -0.3 is 16.4 Å². The van der Waals surface area contributed by atoms with Crippen molar-refractivity contribution < 1.29 is 9.59 Å². The molecule has 1 aromatic carbocycles. The Kier molecular flexibility index (Phi) is 6.84. The molecule has 0 aromatic heterocycles. The Morgan fingerprint density at radius 3 is 2.64 bits per heavy atom. The van der Waals surface area contributed by atoms with E-state index in [0.717, 1.165) is 31.2 Å². The monoisotopic (exact) mass is 325 g/mol. The van der Waals surface area contributed by atoms with Gasteiger partial charge in [0.1, 0.15) is 0 Å². The molecule has 0 bridgehead atoms. The zero-order valence-corrected chi connectivity index (χ0v) is 13.8. The minimum atomic E-state index is -0.162. The van der Waals surface area contributed by atoms with E-state index in [1.54, 1.807) is 19.2 Å². The fraction of sp³-hybridized carbons (Fsp3) is 0.500. The summed E-state index contributed by atoms with van der Waals surface area (Å²) < 4.78 is 0. The molecule has 5 nitrogen and oxygen atoms in total. The van der Waals surface area contributed by atoms with E-state index in [2.05, 4.69) is 10.6 Å². The molecule has 1 aromatic rings. The summed E-state index contributed by atoms with van der Waals surface area (Å²) in [5.41, 5.74) is 8.11. The normalized spacial score (nSPS) is 20.7. The fourth-order valence-electron chi connectivity index (χ4n) is 2.74. The average molecular weight is 326 g/mol. The van der Waals surface area contributed by atoms with Crippen molar-refractivity contribution in [3.8, 4) is 0 Å². The Morgan fingerprint density at radius 2 is 2.00 bits per heavy atom. The van der Waals surface area contributed by atoms with Crippen LogP contribution < -0.4 is 16.4 Å². The van der Waals surface area contributed by atoms with Gasteiger partial charge in [-0.05, 0) is 43.9 Å². The number of aryl methyl sites for hydroxylation is 1. The first kappa shape index (κ1) is 18.5. The standard InChI is InChI=1S/C16H23N3O2.ClH/c1-10-6-7-12(15(20)18-2)9-14(10)19-16(21)11-4-3-5-13(17)8-11;/h6-7,9,11,13H,3-5,8,17H2,1-2H3,(H,18,20)(H,19,21);1H. The summed E-state index contributed by atoms with van der Waals surface area (Å²) in [6, 6.07) is 5.43. The summed E-state index contributed by atoms with van der Waals surface area (Å²) in [7, 11) is 1.59. The Bertz CT molecular complexity index is 548. The van der Waals surface area contributed by atoms with Crippen LogP contribution in [0.4, 0.5) is 5.69 Å². The molecule has 1 saturated carbocycles. The van der Waals surface area contributed by atoms with Crippen LogP contribution in [-0.2, 0) is 4.79 Å². The van der Waals surface area contributed by atoms with Gasteiger partial charge in [0.05, 0.1) is 0 Å². The smallest absolute Gasteiger partial charge is 0.251 e. The zero-order valence-electron chi connectivity index (χ0n) is 13.0. The van der Waals surface area contributed by atoms with Crippen LogP contribution in [0.2, 0.25) is 0 Å². The molecule has 2 rings (SSSR count). The molecule has 0 spiro atoms. The van der Waals surface area contributed by atoms with Crippen molar-refractivity contribution in [2.75, 3.05) is 12.4 Å². The first-order valence-corrected chi connectivity index (χ1v) is 7.40. The third-order valence-electron chi connectivity index (χ3n) is 4.07. The van der Waals surface area contributed by atoms with E-state index >= 15 is 0 Å². The quantitative estimate of drug-likeness (QED) is 0.796. The molecule has 0 saturated heterocycles. The van der Waals surface area contributed by atoms with Crippen LogP contribution >= 0.6 is 12.4 Å². The van der Waals surface area contributed by atoms with Crippen molar-refractivity contribution in [3.05, 3.63) is 29.3 Å². The Hall–Kier alpha value is -1.59. The van der Waals surface area contributed by atoms with Gasteiger partial charge in [0.15, 0.2) is 0 Å². The molecule has 0 aliphatic heterocycles. The second-order valence-corrected chi connectivity index (χ2v) is 5.72. The summed E-state index contributed by atoms with van der Waals surface area (Å²) in [4.78, 5) is 24.0. The van der Waals surface area contributed by atoms with Crippen molar-refractivity contribution in [1.29, 1.82) is 0 Å². The van der Waals surface area contributed by atoms with E-state index in [-0.39, 0.29) is 36.2 Å². The highest BCUT2D eigenvalue weighted by molar-refractivity contribution is 5.98. The van der Waals surface area contributed by atoms with E-state index in [9.17, 15) is 9.59 Å². The maximum atomic E-state index is 12.3. The minimum absolute atomic E-state index is 0. The van der Waals surface area contributed by atoms with Crippen LogP contribution in [0, 0.1) is 12.8 Å². The number of hydrogen-bond acceptors (Lipinski definition) is 3. The van der Waals surface area contributed by atoms with Crippen LogP contribution in [0.25, 0.3) is 0 Å². The Labute approximate surface area is 137 Å². The van der Waals surface area contributed by atoms with Crippen molar-refractivity contribution in [2.45, 2.75) is 38.6 Å². The summed E-state index contributed by atoms with van der Waals surface area (Å²) >= 11 is 0. The van der Waals surface area contributed by atoms with E-state index < -0.39 is 0 Å². The molecule has 2 amide bonds. The second-order valence-electron chi connectivity index (χ2n) is 5.72. The number of benzene rings is 1. The molecule has 1 aliphatic carbocycles. The number of carbonyl (C=O) groups is 2. The number of rotatable bonds is 3. The van der Waals surface area contributed by atoms with Gasteiger partial charge in [0.2, 0.25) is 5.91 Å². The zero-order chi connectivity index (χ0) is 15.4. The van der Waals surface area contributed by atoms with Crippen molar-refractivity contribution in [3.63, 3.8) is 0 Å². The lowest BCUT2D eigenvalue weighted by molar-refractivity contribution is -0.120. The molecular formula is C16H24ClN3O2. The molecule has 122 valence electrons. The van der Waals surface area contributed by atoms with Gasteiger partial charge in [-0.2, -0.15) is 0 Å². The van der Waals surface area contributed by atoms with E-state index in [4.69, 9.17) is 5.73 Å². The Balaban J connectivity index is 0.00000242. The first-order chi connectivity index (χ1) is 10.0. The molecule has 6 heteroatoms. The molecule has 4 N–H and O–H groups in total. The van der Waals surface area contributed by atoms with Gasteiger partial charge in [-0.15, -0.1) is 12.4 Å². The topological polar surface area (TPSA) is 84.2 Å². The number of halogens is 1. The Morgan fingerprint density at radius 1 is 1.27 bits per heavy atom. The maximum absolute atomic E-state index is 12.3. The van der Waals surface area contributed by atoms with Gasteiger partial charge in [-0.3, -0.25) is 9.59 Å². The number of nitrogens with two attached hydrogens (primary N) is 1. The van der Waals surface area contributed by atoms with Crippen molar-refractivity contribution >= 4 is 29.9 Å². The molecule has 2 unspecified atom stereocenters. The predicted octanol–water partition coefficient (Wildman–Crippen LogP) is 2.23. The minimum Gasteiger partial charge on any atom is -0.355 e. The third-order valence-corrected chi connectivity index (χ3v) is 4.07. The average Bonchev–Trinajstić information content (AvgIpc) is 2.48. The lowest BCUT2D eigenvalue weighted by Gasteiger charge is -2.26. The van der Waals surface area contributed by atoms with Crippen LogP contribution in [0.15, 0.2) is 18.2 Å². The third kappa shape index (κ3) is 4.45. The highest BCUT2D eigenvalue weighted by Crippen LogP contribution is 2.25. The van der Waals surface area contributed by atoms with Crippen LogP contribution in [0.1, 0.15) is 41.6 Å². The first-order valence-electron chi connectivity index (χ1n) is 7.40. The molecule has 1 fully saturated rings. The van der Waals surface area contributed by atoms with Crippen molar-refractivity contribution in [1.82, 2.24) is 5.32 Å². The van der Waals surface area contributed by atoms with E-state index in [1.165, 1.54) is 0 Å². The summed E-state index contributed by atoms with van der Waals surface area (Å²) in [5.74, 6) is -0.190. The fourth-order valence-corrected chi connectivity index (χ4v) is 2.74. The summed E-state index contributed by atoms with van der Waals surface area (Å²) in [6.07, 6.45) is 3.61. The number of amides is 2. The van der Waals surface area contributed by atoms with Gasteiger partial charge in [-0.25, -0.2) is 0 Å². The summed E-state index contributed by atoms with van der Waals surface area (Å²) in [5, 5.41) is 5.53. The second kappa shape index (κ2) is 8.15. The molecular weight excluding hydrogens is 302 g/mol. The molecule has 0 radical (unpaired) electrons. The molecule has 1 aliphatic rings. The van der Waals surface area contributed by atoms with Crippen LogP contribution in [-0.4, -0.2) is 24.9 Å². The van der Waals surface area contributed by atoms with E-state index in [0.29, 0.717) is 11.3 Å². The van der Waals surface area contributed by atoms with E-state index in [1.807, 2.05) is 13.0 Å². The van der Waals surface area contributed by atoms with Gasteiger partial charge in [-0.1, -0.05) is 12.5 Å². The van der Waals surface area contributed by atoms with Crippen LogP contribution in [0.5, 0.6) is 0 Å². The van der Waals surface area contributed by atoms with Gasteiger partial charge in [0.25, 0.3) is 5.91 Å². The van der Waals surface area contributed by atoms with Gasteiger partial charge >= 0.3 is 0 Å². The number of nitrogens with one attached hydrogen (secondary N) is 2. The van der Waals surface area contributed by atoms with Gasteiger partial charge in [0, 0.05) is 30.3 Å². The SMILES string of the molecule is CNC(=O)c1ccc(C)c(NC(=O)C2CCCC(N)C2)c1.Cl. The maximum Gasteiger partial charge on any atom is 0.251 e. The molecule has 22 heavy (non-hydrogen) atoms. The number of carbonyl (C=O) groups excluding carboxylic acids is 2.